The second-order valence-corrected chi connectivity index (χ2v) is 8.96. The lowest BCUT2D eigenvalue weighted by Gasteiger charge is -2.33. The summed E-state index contributed by atoms with van der Waals surface area (Å²) in [5.41, 5.74) is 7.70. The molecule has 1 aliphatic heterocycles. The van der Waals surface area contributed by atoms with E-state index in [9.17, 15) is 5.11 Å². The van der Waals surface area contributed by atoms with Crippen LogP contribution in [0.25, 0.3) is 0 Å². The Balaban J connectivity index is 1.49. The monoisotopic (exact) mass is 475 g/mol. The molecular formula is C25H33N9O. The number of rotatable bonds is 9. The summed E-state index contributed by atoms with van der Waals surface area (Å²) in [6.45, 7) is 4.62. The van der Waals surface area contributed by atoms with Crippen LogP contribution < -0.4 is 26.6 Å². The SMILES string of the molecule is C[C@@H]1CN(c2cc(NC(=N)/C=C(\N)C3CC3)nc(NC/C(O)=C/C(=N)c3ccccc3)n2)CCN1. The third-order valence-corrected chi connectivity index (χ3v) is 5.85. The van der Waals surface area contributed by atoms with Crippen LogP contribution >= 0.6 is 0 Å². The van der Waals surface area contributed by atoms with Crippen LogP contribution in [0, 0.1) is 16.7 Å². The van der Waals surface area contributed by atoms with E-state index >= 15 is 0 Å². The molecule has 8 N–H and O–H groups in total. The Bertz CT molecular complexity index is 1130. The zero-order valence-corrected chi connectivity index (χ0v) is 19.9. The van der Waals surface area contributed by atoms with Gasteiger partial charge in [-0.15, -0.1) is 0 Å². The van der Waals surface area contributed by atoms with Gasteiger partial charge in [0.2, 0.25) is 5.95 Å². The number of amidine groups is 1. The van der Waals surface area contributed by atoms with E-state index in [0.29, 0.717) is 35.0 Å². The van der Waals surface area contributed by atoms with Crippen molar-refractivity contribution in [3.8, 4) is 0 Å². The Kier molecular flexibility index (Phi) is 7.61. The standard InChI is InChI=1S/C25H33N9O/c1-16-15-34(10-9-29-16)24-13-23(31-22(28)12-21(27)18-7-8-18)32-25(33-24)30-14-19(35)11-20(26)17-5-3-2-4-6-17/h2-6,11-13,16,18,26,29,35H,7-10,14-15,27H2,1H3,(H3,28,30,31,32,33)/b19-11-,21-12-,26-20?/t16-/m1/s1. The molecule has 1 saturated heterocycles. The quantitative estimate of drug-likeness (QED) is 0.166. The topological polar surface area (TPSA) is 159 Å². The van der Waals surface area contributed by atoms with Crippen molar-refractivity contribution in [1.82, 2.24) is 15.3 Å². The van der Waals surface area contributed by atoms with Crippen molar-refractivity contribution in [3.63, 3.8) is 0 Å². The summed E-state index contributed by atoms with van der Waals surface area (Å²) in [5, 5.41) is 36.3. The van der Waals surface area contributed by atoms with Crippen LogP contribution in [0.3, 0.4) is 0 Å². The molecule has 10 heteroatoms. The van der Waals surface area contributed by atoms with Gasteiger partial charge >= 0.3 is 0 Å². The van der Waals surface area contributed by atoms with Gasteiger partial charge in [0.15, 0.2) is 0 Å². The number of aliphatic hydroxyl groups excluding tert-OH is 1. The minimum absolute atomic E-state index is 0.00829. The van der Waals surface area contributed by atoms with Crippen LogP contribution in [-0.4, -0.2) is 58.8 Å². The Hall–Kier alpha value is -3.92. The van der Waals surface area contributed by atoms with Gasteiger partial charge in [-0.3, -0.25) is 5.41 Å². The predicted octanol–water partition coefficient (Wildman–Crippen LogP) is 2.84. The number of allylic oxidation sites excluding steroid dienone is 2. The lowest BCUT2D eigenvalue weighted by Crippen LogP contribution is -2.49. The van der Waals surface area contributed by atoms with Crippen LogP contribution in [0.4, 0.5) is 17.6 Å². The molecule has 2 aromatic rings. The highest BCUT2D eigenvalue weighted by Crippen LogP contribution is 2.33. The van der Waals surface area contributed by atoms with E-state index in [1.54, 1.807) is 6.08 Å². The van der Waals surface area contributed by atoms with Gasteiger partial charge in [0, 0.05) is 43.5 Å². The molecular weight excluding hydrogens is 442 g/mol. The maximum absolute atomic E-state index is 10.4. The molecule has 1 aromatic heterocycles. The molecule has 1 aromatic carbocycles. The predicted molar refractivity (Wildman–Crippen MR) is 141 cm³/mol. The van der Waals surface area contributed by atoms with Gasteiger partial charge in [0.25, 0.3) is 0 Å². The van der Waals surface area contributed by atoms with E-state index in [4.69, 9.17) is 16.6 Å². The fourth-order valence-corrected chi connectivity index (χ4v) is 3.84. The van der Waals surface area contributed by atoms with Gasteiger partial charge in [0.1, 0.15) is 23.2 Å². The molecule has 4 rings (SSSR count). The molecule has 2 aliphatic rings. The smallest absolute Gasteiger partial charge is 0.227 e. The van der Waals surface area contributed by atoms with Crippen molar-refractivity contribution < 1.29 is 5.11 Å². The number of nitrogens with zero attached hydrogens (tertiary/aromatic N) is 3. The molecule has 35 heavy (non-hydrogen) atoms. The Morgan fingerprint density at radius 1 is 1.23 bits per heavy atom. The van der Waals surface area contributed by atoms with Crippen LogP contribution in [0.5, 0.6) is 0 Å². The van der Waals surface area contributed by atoms with Crippen LogP contribution in [0.2, 0.25) is 0 Å². The second-order valence-electron chi connectivity index (χ2n) is 8.96. The highest BCUT2D eigenvalue weighted by molar-refractivity contribution is 6.06. The first kappa shape index (κ1) is 24.2. The van der Waals surface area contributed by atoms with Crippen LogP contribution in [0.1, 0.15) is 25.3 Å². The largest absolute Gasteiger partial charge is 0.510 e. The van der Waals surface area contributed by atoms with E-state index < -0.39 is 0 Å². The molecule has 2 heterocycles. The molecule has 184 valence electrons. The van der Waals surface area contributed by atoms with Crippen molar-refractivity contribution in [1.29, 1.82) is 10.8 Å². The lowest BCUT2D eigenvalue weighted by atomic mass is 10.1. The van der Waals surface area contributed by atoms with E-state index in [1.807, 2.05) is 36.4 Å². The summed E-state index contributed by atoms with van der Waals surface area (Å²) in [6.07, 6.45) is 5.19. The number of nitrogens with one attached hydrogen (secondary N) is 5. The molecule has 0 unspecified atom stereocenters. The summed E-state index contributed by atoms with van der Waals surface area (Å²) in [6, 6.07) is 11.4. The minimum Gasteiger partial charge on any atom is -0.510 e. The van der Waals surface area contributed by atoms with Crippen LogP contribution in [0.15, 0.2) is 60.0 Å². The average Bonchev–Trinajstić information content (AvgIpc) is 3.69. The Morgan fingerprint density at radius 2 is 2.00 bits per heavy atom. The maximum Gasteiger partial charge on any atom is 0.227 e. The maximum atomic E-state index is 10.4. The summed E-state index contributed by atoms with van der Waals surface area (Å²) in [5.74, 6) is 2.04. The fourth-order valence-electron chi connectivity index (χ4n) is 3.84. The molecule has 2 fully saturated rings. The molecule has 0 bridgehead atoms. The van der Waals surface area contributed by atoms with Crippen molar-refractivity contribution >= 4 is 29.1 Å². The lowest BCUT2D eigenvalue weighted by molar-refractivity contribution is 0.408. The second kappa shape index (κ2) is 11.0. The summed E-state index contributed by atoms with van der Waals surface area (Å²) < 4.78 is 0. The van der Waals surface area contributed by atoms with Gasteiger partial charge in [-0.2, -0.15) is 9.97 Å². The molecule has 1 saturated carbocycles. The number of hydrogen-bond acceptors (Lipinski definition) is 9. The van der Waals surface area contributed by atoms with E-state index in [-0.39, 0.29) is 23.9 Å². The molecule has 0 radical (unpaired) electrons. The number of nitrogens with two attached hydrogens (primary N) is 1. The zero-order chi connectivity index (χ0) is 24.8. The summed E-state index contributed by atoms with van der Waals surface area (Å²) >= 11 is 0. The molecule has 1 atom stereocenters. The Morgan fingerprint density at radius 3 is 2.71 bits per heavy atom. The number of benzene rings is 1. The van der Waals surface area contributed by atoms with Crippen molar-refractivity contribution in [3.05, 3.63) is 65.6 Å². The van der Waals surface area contributed by atoms with E-state index in [0.717, 1.165) is 38.3 Å². The number of piperazine rings is 1. The summed E-state index contributed by atoms with van der Waals surface area (Å²) in [7, 11) is 0. The highest BCUT2D eigenvalue weighted by atomic mass is 16.3. The highest BCUT2D eigenvalue weighted by Gasteiger charge is 2.24. The van der Waals surface area contributed by atoms with Crippen molar-refractivity contribution in [2.24, 2.45) is 11.7 Å². The Labute approximate surface area is 205 Å². The van der Waals surface area contributed by atoms with Crippen molar-refractivity contribution in [2.75, 3.05) is 41.7 Å². The first-order chi connectivity index (χ1) is 16.9. The first-order valence-corrected chi connectivity index (χ1v) is 11.8. The van der Waals surface area contributed by atoms with Gasteiger partial charge in [-0.05, 0) is 37.3 Å². The number of aliphatic hydroxyl groups is 1. The molecule has 10 nitrogen and oxygen atoms in total. The third-order valence-electron chi connectivity index (χ3n) is 5.85. The minimum atomic E-state index is -0.00829. The van der Waals surface area contributed by atoms with Gasteiger partial charge < -0.3 is 37.1 Å². The van der Waals surface area contributed by atoms with E-state index in [1.165, 1.54) is 6.08 Å². The van der Waals surface area contributed by atoms with E-state index in [2.05, 4.69) is 37.7 Å². The number of anilines is 3. The van der Waals surface area contributed by atoms with Gasteiger partial charge in [-0.25, -0.2) is 0 Å². The molecule has 0 amide bonds. The molecule has 0 spiro atoms. The first-order valence-electron chi connectivity index (χ1n) is 11.8. The summed E-state index contributed by atoms with van der Waals surface area (Å²) in [4.78, 5) is 11.3. The van der Waals surface area contributed by atoms with Crippen molar-refractivity contribution in [2.45, 2.75) is 25.8 Å². The normalized spacial score (nSPS) is 18.8. The third kappa shape index (κ3) is 7.03. The average molecular weight is 476 g/mol. The fraction of sp³-hybridized carbons (Fsp3) is 0.360. The number of aromatic nitrogens is 2. The molecule has 1 aliphatic carbocycles. The zero-order valence-electron chi connectivity index (χ0n) is 19.9. The van der Waals surface area contributed by atoms with Gasteiger partial charge in [-0.1, -0.05) is 30.3 Å². The number of hydrogen-bond donors (Lipinski definition) is 7. The van der Waals surface area contributed by atoms with Gasteiger partial charge in [0.05, 0.1) is 12.3 Å². The van der Waals surface area contributed by atoms with Crippen LogP contribution in [-0.2, 0) is 0 Å².